The van der Waals surface area contributed by atoms with Crippen molar-refractivity contribution in [1.82, 2.24) is 0 Å². The second-order valence-corrected chi connectivity index (χ2v) is 4.12. The molecule has 0 nitrogen and oxygen atoms in total. The first kappa shape index (κ1) is 9.28. The highest BCUT2D eigenvalue weighted by Crippen LogP contribution is 2.52. The van der Waals surface area contributed by atoms with E-state index >= 15 is 0 Å². The van der Waals surface area contributed by atoms with Crippen LogP contribution in [0.3, 0.4) is 0 Å². The lowest BCUT2D eigenvalue weighted by Gasteiger charge is -2.33. The van der Waals surface area contributed by atoms with Crippen LogP contribution in [0.25, 0.3) is 0 Å². The average molecular weight is 196 g/mol. The highest BCUT2D eigenvalue weighted by atomic mass is 19.3. The Balaban J connectivity index is 2.19. The van der Waals surface area contributed by atoms with Crippen LogP contribution in [0.4, 0.5) is 17.6 Å². The van der Waals surface area contributed by atoms with Crippen LogP contribution in [0.5, 0.6) is 0 Å². The van der Waals surface area contributed by atoms with E-state index in [-0.39, 0.29) is 18.8 Å². The minimum atomic E-state index is -2.98. The molecule has 2 aliphatic carbocycles. The van der Waals surface area contributed by atoms with Gasteiger partial charge in [0, 0.05) is 6.42 Å². The zero-order valence-corrected chi connectivity index (χ0v) is 7.15. The van der Waals surface area contributed by atoms with Crippen LogP contribution in [0.1, 0.15) is 25.7 Å². The van der Waals surface area contributed by atoms with E-state index in [1.165, 1.54) is 0 Å². The number of alkyl halides is 4. The molecule has 0 aromatic carbocycles. The number of fused-ring (bicyclic) bond motifs is 1. The van der Waals surface area contributed by atoms with Crippen LogP contribution < -0.4 is 0 Å². The van der Waals surface area contributed by atoms with Crippen molar-refractivity contribution in [1.29, 1.82) is 0 Å². The van der Waals surface area contributed by atoms with Gasteiger partial charge in [-0.25, -0.2) is 17.6 Å². The van der Waals surface area contributed by atoms with E-state index in [9.17, 15) is 17.6 Å². The van der Waals surface area contributed by atoms with Crippen molar-refractivity contribution in [3.63, 3.8) is 0 Å². The van der Waals surface area contributed by atoms with Crippen LogP contribution in [-0.4, -0.2) is 18.3 Å². The first-order valence-corrected chi connectivity index (χ1v) is 4.68. The third-order valence-electron chi connectivity index (χ3n) is 3.35. The summed E-state index contributed by atoms with van der Waals surface area (Å²) in [5, 5.41) is 0. The largest absolute Gasteiger partial charge is 0.254 e. The SMILES string of the molecule is FC1CCC2CCC(F)(F)C2C1F. The standard InChI is InChI=1S/C9H12F4/c10-6-2-1-5-3-4-9(12,13)7(5)8(6)11/h5-8H,1-4H2. The molecule has 0 spiro atoms. The van der Waals surface area contributed by atoms with Crippen molar-refractivity contribution in [2.45, 2.75) is 43.9 Å². The fraction of sp³-hybridized carbons (Fsp3) is 1.00. The molecule has 0 heterocycles. The molecular weight excluding hydrogens is 184 g/mol. The Labute approximate surface area is 74.3 Å². The molecule has 4 heteroatoms. The molecule has 13 heavy (non-hydrogen) atoms. The Bertz CT molecular complexity index is 204. The van der Waals surface area contributed by atoms with Gasteiger partial charge < -0.3 is 0 Å². The molecule has 4 atom stereocenters. The fourth-order valence-electron chi connectivity index (χ4n) is 2.64. The van der Waals surface area contributed by atoms with E-state index in [1.807, 2.05) is 0 Å². The first-order chi connectivity index (χ1) is 6.02. The van der Waals surface area contributed by atoms with Gasteiger partial charge in [0.05, 0.1) is 5.92 Å². The van der Waals surface area contributed by atoms with Crippen LogP contribution in [0, 0.1) is 11.8 Å². The van der Waals surface area contributed by atoms with E-state index in [0.717, 1.165) is 0 Å². The number of hydrogen-bond acceptors (Lipinski definition) is 0. The summed E-state index contributed by atoms with van der Waals surface area (Å²) in [5.41, 5.74) is 0. The van der Waals surface area contributed by atoms with Gasteiger partial charge in [-0.1, -0.05) is 0 Å². The predicted molar refractivity (Wildman–Crippen MR) is 40.2 cm³/mol. The lowest BCUT2D eigenvalue weighted by Crippen LogP contribution is -2.42. The summed E-state index contributed by atoms with van der Waals surface area (Å²) in [6.07, 6.45) is -3.01. The van der Waals surface area contributed by atoms with E-state index in [1.54, 1.807) is 0 Å². The molecule has 0 amide bonds. The topological polar surface area (TPSA) is 0 Å². The molecule has 0 bridgehead atoms. The Morgan fingerprint density at radius 2 is 1.69 bits per heavy atom. The highest BCUT2D eigenvalue weighted by Gasteiger charge is 2.57. The van der Waals surface area contributed by atoms with Crippen LogP contribution in [-0.2, 0) is 0 Å². The number of hydrogen-bond donors (Lipinski definition) is 0. The van der Waals surface area contributed by atoms with Gasteiger partial charge >= 0.3 is 0 Å². The maximum Gasteiger partial charge on any atom is 0.254 e. The Kier molecular flexibility index (Phi) is 2.04. The van der Waals surface area contributed by atoms with Crippen LogP contribution >= 0.6 is 0 Å². The first-order valence-electron chi connectivity index (χ1n) is 4.68. The summed E-state index contributed by atoms with van der Waals surface area (Å²) >= 11 is 0. The predicted octanol–water partition coefficient (Wildman–Crippen LogP) is 3.12. The molecule has 2 aliphatic rings. The molecule has 0 aromatic rings. The Hall–Kier alpha value is -0.280. The highest BCUT2D eigenvalue weighted by molar-refractivity contribution is 5.00. The normalized spacial score (nSPS) is 48.9. The van der Waals surface area contributed by atoms with Crippen molar-refractivity contribution in [3.05, 3.63) is 0 Å². The van der Waals surface area contributed by atoms with Gasteiger partial charge in [-0.3, -0.25) is 0 Å². The maximum absolute atomic E-state index is 13.2. The summed E-state index contributed by atoms with van der Waals surface area (Å²) in [4.78, 5) is 0. The third-order valence-corrected chi connectivity index (χ3v) is 3.35. The second-order valence-electron chi connectivity index (χ2n) is 4.12. The van der Waals surface area contributed by atoms with Gasteiger partial charge in [0.25, 0.3) is 5.92 Å². The number of halogens is 4. The summed E-state index contributed by atoms with van der Waals surface area (Å²) in [7, 11) is 0. The van der Waals surface area contributed by atoms with Gasteiger partial charge in [0.15, 0.2) is 0 Å². The van der Waals surface area contributed by atoms with Crippen molar-refractivity contribution in [3.8, 4) is 0 Å². The van der Waals surface area contributed by atoms with Crippen molar-refractivity contribution < 1.29 is 17.6 Å². The third kappa shape index (κ3) is 1.34. The minimum Gasteiger partial charge on any atom is -0.244 e. The van der Waals surface area contributed by atoms with E-state index < -0.39 is 24.2 Å². The fourth-order valence-corrected chi connectivity index (χ4v) is 2.64. The lowest BCUT2D eigenvalue weighted by molar-refractivity contribution is -0.104. The molecule has 0 N–H and O–H groups in total. The molecule has 2 rings (SSSR count). The molecule has 2 fully saturated rings. The average Bonchev–Trinajstić information content (AvgIpc) is 2.35. The molecule has 76 valence electrons. The summed E-state index contributed by atoms with van der Waals surface area (Å²) in [5.74, 6) is -4.62. The smallest absolute Gasteiger partial charge is 0.244 e. The Morgan fingerprint density at radius 3 is 2.38 bits per heavy atom. The zero-order valence-electron chi connectivity index (χ0n) is 7.15. The molecule has 0 saturated heterocycles. The van der Waals surface area contributed by atoms with Gasteiger partial charge in [-0.05, 0) is 25.2 Å². The monoisotopic (exact) mass is 196 g/mol. The Morgan fingerprint density at radius 1 is 1.00 bits per heavy atom. The van der Waals surface area contributed by atoms with Crippen molar-refractivity contribution in [2.75, 3.05) is 0 Å². The van der Waals surface area contributed by atoms with Crippen LogP contribution in [0.2, 0.25) is 0 Å². The zero-order chi connectivity index (χ0) is 9.64. The van der Waals surface area contributed by atoms with Gasteiger partial charge in [0.2, 0.25) is 0 Å². The summed E-state index contributed by atoms with van der Waals surface area (Å²) in [6, 6.07) is 0. The van der Waals surface area contributed by atoms with Gasteiger partial charge in [-0.2, -0.15) is 0 Å². The molecule has 0 aliphatic heterocycles. The van der Waals surface area contributed by atoms with Crippen molar-refractivity contribution >= 4 is 0 Å². The molecule has 0 aromatic heterocycles. The summed E-state index contributed by atoms with van der Waals surface area (Å²) in [6.45, 7) is 0. The van der Waals surface area contributed by atoms with Gasteiger partial charge in [-0.15, -0.1) is 0 Å². The lowest BCUT2D eigenvalue weighted by atomic mass is 9.78. The van der Waals surface area contributed by atoms with Gasteiger partial charge in [0.1, 0.15) is 12.3 Å². The molecule has 2 saturated carbocycles. The minimum absolute atomic E-state index is 0.110. The van der Waals surface area contributed by atoms with Crippen LogP contribution in [0.15, 0.2) is 0 Å². The maximum atomic E-state index is 13.2. The number of rotatable bonds is 0. The van der Waals surface area contributed by atoms with Crippen molar-refractivity contribution in [2.24, 2.45) is 11.8 Å². The molecule has 0 radical (unpaired) electrons. The van der Waals surface area contributed by atoms with E-state index in [2.05, 4.69) is 0 Å². The molecule has 4 unspecified atom stereocenters. The quantitative estimate of drug-likeness (QED) is 0.522. The molecular formula is C9H12F4. The second kappa shape index (κ2) is 2.85. The van der Waals surface area contributed by atoms with E-state index in [0.29, 0.717) is 12.8 Å². The summed E-state index contributed by atoms with van der Waals surface area (Å²) < 4.78 is 52.2. The van der Waals surface area contributed by atoms with E-state index in [4.69, 9.17) is 0 Å².